The number of rotatable bonds is 2. The molecule has 0 bridgehead atoms. The van der Waals surface area contributed by atoms with Crippen molar-refractivity contribution in [1.29, 1.82) is 0 Å². The predicted molar refractivity (Wildman–Crippen MR) is 127 cm³/mol. The highest BCUT2D eigenvalue weighted by atomic mass is 16.6. The van der Waals surface area contributed by atoms with E-state index in [-0.39, 0.29) is 41.1 Å². The molecule has 6 rings (SSSR count). The van der Waals surface area contributed by atoms with Gasteiger partial charge in [0.1, 0.15) is 11.2 Å². The fourth-order valence-electron chi connectivity index (χ4n) is 6.49. The van der Waals surface area contributed by atoms with Gasteiger partial charge in [0, 0.05) is 41.9 Å². The van der Waals surface area contributed by atoms with Crippen LogP contribution in [0.5, 0.6) is 0 Å². The van der Waals surface area contributed by atoms with E-state index in [9.17, 15) is 19.7 Å². The molecule has 0 aromatic heterocycles. The highest BCUT2D eigenvalue weighted by Gasteiger charge is 2.74. The van der Waals surface area contributed by atoms with E-state index in [1.807, 2.05) is 66.5 Å². The highest BCUT2D eigenvalue weighted by molar-refractivity contribution is 6.17. The molecule has 1 saturated heterocycles. The Morgan fingerprint density at radius 3 is 2.50 bits per heavy atom. The molecule has 3 atom stereocenters. The number of fused-ring (bicyclic) bond motifs is 4. The van der Waals surface area contributed by atoms with Gasteiger partial charge in [-0.3, -0.25) is 24.6 Å². The maximum absolute atomic E-state index is 14.6. The van der Waals surface area contributed by atoms with Crippen molar-refractivity contribution in [3.05, 3.63) is 99.6 Å². The number of nitrogens with zero attached hydrogens (tertiary/aromatic N) is 2. The number of ketones is 1. The number of hydrogen-bond acceptors (Lipinski definition) is 6. The first-order valence-corrected chi connectivity index (χ1v) is 11.2. The first-order chi connectivity index (χ1) is 16.4. The van der Waals surface area contributed by atoms with E-state index in [0.717, 1.165) is 11.1 Å². The fraction of sp³-hybridized carbons (Fsp3) is 0.231. The van der Waals surface area contributed by atoms with Gasteiger partial charge >= 0.3 is 0 Å². The summed E-state index contributed by atoms with van der Waals surface area (Å²) in [5.41, 5.74) is 0.217. The molecule has 0 aliphatic carbocycles. The number of Topliss-reactive ketones (excluding diaryl/α,β-unsaturated/α-hetero) is 1. The van der Waals surface area contributed by atoms with Gasteiger partial charge in [-0.25, -0.2) is 0 Å². The van der Waals surface area contributed by atoms with Gasteiger partial charge in [0.15, 0.2) is 5.78 Å². The number of nitrogens with one attached hydrogen (secondary N) is 2. The molecule has 8 nitrogen and oxygen atoms in total. The Balaban J connectivity index is 1.67. The molecule has 3 aromatic rings. The minimum atomic E-state index is -1.27. The molecule has 3 heterocycles. The molecule has 3 aromatic carbocycles. The number of carbonyl (C=O) groups is 2. The Hall–Kier alpha value is -4.04. The Labute approximate surface area is 195 Å². The Morgan fingerprint density at radius 2 is 1.74 bits per heavy atom. The van der Waals surface area contributed by atoms with Gasteiger partial charge in [0.2, 0.25) is 0 Å². The lowest BCUT2D eigenvalue weighted by Crippen LogP contribution is -2.62. The number of para-hydroxylation sites is 2. The molecule has 1 amide bonds. The van der Waals surface area contributed by atoms with Gasteiger partial charge in [0.05, 0.1) is 10.3 Å². The van der Waals surface area contributed by atoms with Crippen molar-refractivity contribution in [1.82, 2.24) is 4.90 Å². The Morgan fingerprint density at radius 1 is 1.00 bits per heavy atom. The maximum Gasteiger partial charge on any atom is 0.293 e. The predicted octanol–water partition coefficient (Wildman–Crippen LogP) is 3.77. The number of nitro benzene ring substituents is 1. The first kappa shape index (κ1) is 20.6. The van der Waals surface area contributed by atoms with E-state index in [4.69, 9.17) is 0 Å². The average molecular weight is 454 g/mol. The topological polar surface area (TPSA) is 105 Å². The number of nitro groups is 1. The second kappa shape index (κ2) is 6.98. The van der Waals surface area contributed by atoms with Crippen molar-refractivity contribution < 1.29 is 14.5 Å². The number of amides is 1. The van der Waals surface area contributed by atoms with Crippen LogP contribution in [0.1, 0.15) is 27.4 Å². The molecular formula is C26H22N4O4. The summed E-state index contributed by atoms with van der Waals surface area (Å²) in [4.78, 5) is 41.7. The SMILES string of the molecule is CN1C[C@@H](c2ccccc2)[C@@]2(CNc3c(cccc3[N+](=O)[O-])C2=O)[C@@]12C(=O)Nc1ccccc12. The van der Waals surface area contributed by atoms with Gasteiger partial charge in [0.25, 0.3) is 11.6 Å². The first-order valence-electron chi connectivity index (χ1n) is 11.2. The molecule has 34 heavy (non-hydrogen) atoms. The van der Waals surface area contributed by atoms with E-state index < -0.39 is 15.9 Å². The van der Waals surface area contributed by atoms with Crippen molar-refractivity contribution in [2.75, 3.05) is 30.8 Å². The molecule has 8 heteroatoms. The molecular weight excluding hydrogens is 432 g/mol. The number of benzene rings is 3. The molecule has 0 unspecified atom stereocenters. The third kappa shape index (κ3) is 2.30. The van der Waals surface area contributed by atoms with Crippen molar-refractivity contribution in [2.45, 2.75) is 11.5 Å². The zero-order valence-corrected chi connectivity index (χ0v) is 18.4. The van der Waals surface area contributed by atoms with E-state index >= 15 is 0 Å². The second-order valence-electron chi connectivity index (χ2n) is 9.16. The van der Waals surface area contributed by atoms with Gasteiger partial charge < -0.3 is 10.6 Å². The largest absolute Gasteiger partial charge is 0.378 e. The lowest BCUT2D eigenvalue weighted by atomic mass is 9.56. The van der Waals surface area contributed by atoms with Crippen LogP contribution in [0.4, 0.5) is 17.1 Å². The average Bonchev–Trinajstić information content (AvgIpc) is 3.30. The summed E-state index contributed by atoms with van der Waals surface area (Å²) < 4.78 is 0. The van der Waals surface area contributed by atoms with Gasteiger partial charge in [-0.15, -0.1) is 0 Å². The molecule has 1 fully saturated rings. The van der Waals surface area contributed by atoms with Crippen LogP contribution < -0.4 is 10.6 Å². The van der Waals surface area contributed by atoms with Gasteiger partial charge in [-0.1, -0.05) is 54.6 Å². The van der Waals surface area contributed by atoms with Crippen LogP contribution in [-0.4, -0.2) is 41.7 Å². The Bertz CT molecular complexity index is 1370. The summed E-state index contributed by atoms with van der Waals surface area (Å²) in [6.45, 7) is 0.568. The van der Waals surface area contributed by atoms with Crippen LogP contribution in [-0.2, 0) is 10.3 Å². The lowest BCUT2D eigenvalue weighted by Gasteiger charge is -2.48. The summed E-state index contributed by atoms with van der Waals surface area (Å²) in [5, 5.41) is 17.9. The van der Waals surface area contributed by atoms with Crippen molar-refractivity contribution in [2.24, 2.45) is 5.41 Å². The molecule has 3 aliphatic heterocycles. The second-order valence-corrected chi connectivity index (χ2v) is 9.16. The minimum absolute atomic E-state index is 0.0926. The van der Waals surface area contributed by atoms with Crippen molar-refractivity contribution in [3.63, 3.8) is 0 Å². The molecule has 0 radical (unpaired) electrons. The molecule has 3 aliphatic rings. The third-order valence-electron chi connectivity index (χ3n) is 7.80. The number of hydrogen-bond donors (Lipinski definition) is 2. The number of likely N-dealkylation sites (N-methyl/N-ethyl adjacent to an activating group) is 1. The minimum Gasteiger partial charge on any atom is -0.378 e. The van der Waals surface area contributed by atoms with E-state index in [0.29, 0.717) is 12.2 Å². The quantitative estimate of drug-likeness (QED) is 0.451. The summed E-state index contributed by atoms with van der Waals surface area (Å²) in [6.07, 6.45) is 0. The summed E-state index contributed by atoms with van der Waals surface area (Å²) in [6, 6.07) is 21.7. The van der Waals surface area contributed by atoms with E-state index in [1.54, 1.807) is 6.07 Å². The zero-order valence-electron chi connectivity index (χ0n) is 18.4. The molecule has 2 spiro atoms. The van der Waals surface area contributed by atoms with Crippen LogP contribution in [0.3, 0.4) is 0 Å². The van der Waals surface area contributed by atoms with Crippen LogP contribution >= 0.6 is 0 Å². The van der Waals surface area contributed by atoms with Crippen LogP contribution in [0.25, 0.3) is 0 Å². The summed E-state index contributed by atoms with van der Waals surface area (Å²) >= 11 is 0. The third-order valence-corrected chi connectivity index (χ3v) is 7.80. The highest BCUT2D eigenvalue weighted by Crippen LogP contribution is 2.64. The fourth-order valence-corrected chi connectivity index (χ4v) is 6.49. The molecule has 2 N–H and O–H groups in total. The normalized spacial score (nSPS) is 27.4. The number of carbonyl (C=O) groups excluding carboxylic acids is 2. The van der Waals surface area contributed by atoms with E-state index in [1.165, 1.54) is 12.1 Å². The Kier molecular flexibility index (Phi) is 4.22. The van der Waals surface area contributed by atoms with Crippen LogP contribution in [0.2, 0.25) is 0 Å². The molecule has 0 saturated carbocycles. The summed E-state index contributed by atoms with van der Waals surface area (Å²) in [5.74, 6) is -0.823. The van der Waals surface area contributed by atoms with E-state index in [2.05, 4.69) is 10.6 Å². The van der Waals surface area contributed by atoms with Crippen molar-refractivity contribution in [3.8, 4) is 0 Å². The van der Waals surface area contributed by atoms with Crippen LogP contribution in [0.15, 0.2) is 72.8 Å². The van der Waals surface area contributed by atoms with Gasteiger partial charge in [-0.2, -0.15) is 0 Å². The van der Waals surface area contributed by atoms with Crippen molar-refractivity contribution >= 4 is 28.8 Å². The van der Waals surface area contributed by atoms with Crippen LogP contribution in [0, 0.1) is 15.5 Å². The summed E-state index contributed by atoms with van der Waals surface area (Å²) in [7, 11) is 1.88. The monoisotopic (exact) mass is 454 g/mol. The maximum atomic E-state index is 14.6. The zero-order chi connectivity index (χ0) is 23.7. The molecule has 170 valence electrons. The number of likely N-dealkylation sites (tertiary alicyclic amines) is 1. The standard InChI is InChI=1S/C26H22N4O4/c1-29-14-19(16-8-3-2-4-9-16)25(26(29)18-11-5-6-12-20(18)28-24(26)32)15-27-22-17(23(25)31)10-7-13-21(22)30(33)34/h2-13,19,27H,14-15H2,1H3,(H,28,32)/t19-,25+,26+/m0/s1. The smallest absolute Gasteiger partial charge is 0.293 e. The lowest BCUT2D eigenvalue weighted by molar-refractivity contribution is -0.384. The van der Waals surface area contributed by atoms with Gasteiger partial charge in [-0.05, 0) is 24.7 Å². The number of anilines is 2.